The molecule has 4 nitrogen and oxygen atoms in total. The van der Waals surface area contributed by atoms with Crippen molar-refractivity contribution in [1.29, 1.82) is 0 Å². The molecule has 2 aromatic rings. The first kappa shape index (κ1) is 14.3. The fraction of sp³-hybridized carbons (Fsp3) is 0.222. The lowest BCUT2D eigenvalue weighted by Gasteiger charge is -2.25. The van der Waals surface area contributed by atoms with Crippen LogP contribution in [0.2, 0.25) is 0 Å². The molecule has 1 aliphatic rings. The lowest BCUT2D eigenvalue weighted by Crippen LogP contribution is -2.38. The number of anilines is 1. The molecule has 1 heterocycles. The molecular formula is C18H18N2O2. The Balaban J connectivity index is 2.30. The van der Waals surface area contributed by atoms with Crippen LogP contribution in [0, 0.1) is 5.92 Å². The van der Waals surface area contributed by atoms with Crippen molar-refractivity contribution in [3.8, 4) is 11.1 Å². The van der Waals surface area contributed by atoms with Gasteiger partial charge in [-0.25, -0.2) is 0 Å². The van der Waals surface area contributed by atoms with Gasteiger partial charge >= 0.3 is 0 Å². The van der Waals surface area contributed by atoms with Crippen LogP contribution in [0.15, 0.2) is 48.5 Å². The Hall–Kier alpha value is -2.62. The minimum absolute atomic E-state index is 0.108. The number of para-hydroxylation sites is 1. The van der Waals surface area contributed by atoms with Crippen molar-refractivity contribution in [2.45, 2.75) is 12.8 Å². The van der Waals surface area contributed by atoms with E-state index >= 15 is 0 Å². The van der Waals surface area contributed by atoms with E-state index in [1.165, 1.54) is 0 Å². The van der Waals surface area contributed by atoms with Crippen molar-refractivity contribution in [3.05, 3.63) is 54.1 Å². The van der Waals surface area contributed by atoms with Crippen molar-refractivity contribution in [2.24, 2.45) is 11.7 Å². The molecular weight excluding hydrogens is 276 g/mol. The van der Waals surface area contributed by atoms with Crippen LogP contribution in [0.5, 0.6) is 0 Å². The normalized spacial score (nSPS) is 18.2. The van der Waals surface area contributed by atoms with Gasteiger partial charge in [0.25, 0.3) is 0 Å². The monoisotopic (exact) mass is 294 g/mol. The summed E-state index contributed by atoms with van der Waals surface area (Å²) in [5, 5.41) is 0. The Kier molecular flexibility index (Phi) is 3.45. The molecule has 2 N–H and O–H groups in total. The smallest absolute Gasteiger partial charge is 0.235 e. The van der Waals surface area contributed by atoms with E-state index in [4.69, 9.17) is 5.73 Å². The molecule has 112 valence electrons. The Labute approximate surface area is 129 Å². The molecule has 1 aliphatic heterocycles. The van der Waals surface area contributed by atoms with Gasteiger partial charge in [0.1, 0.15) is 0 Å². The van der Waals surface area contributed by atoms with E-state index in [0.717, 1.165) is 22.4 Å². The third-order valence-corrected chi connectivity index (χ3v) is 4.40. The number of nitrogens with zero attached hydrogens (tertiary/aromatic N) is 1. The fourth-order valence-corrected chi connectivity index (χ4v) is 3.12. The summed E-state index contributed by atoms with van der Waals surface area (Å²) in [6.07, 6.45) is 0. The number of likely N-dealkylation sites (N-methyl/N-ethyl adjacent to an activating group) is 1. The minimum atomic E-state index is -0.564. The molecule has 2 amide bonds. The molecule has 0 spiro atoms. The van der Waals surface area contributed by atoms with Gasteiger partial charge in [0.05, 0.1) is 17.5 Å². The van der Waals surface area contributed by atoms with E-state index in [1.807, 2.05) is 48.5 Å². The van der Waals surface area contributed by atoms with Gasteiger partial charge in [0, 0.05) is 12.6 Å². The molecule has 2 atom stereocenters. The predicted molar refractivity (Wildman–Crippen MR) is 86.4 cm³/mol. The van der Waals surface area contributed by atoms with E-state index in [-0.39, 0.29) is 5.91 Å². The van der Waals surface area contributed by atoms with Crippen molar-refractivity contribution < 1.29 is 9.59 Å². The maximum absolute atomic E-state index is 12.9. The Morgan fingerprint density at radius 2 is 1.68 bits per heavy atom. The van der Waals surface area contributed by atoms with Crippen LogP contribution in [0.3, 0.4) is 0 Å². The lowest BCUT2D eigenvalue weighted by molar-refractivity contribution is -0.128. The second kappa shape index (κ2) is 5.30. The minimum Gasteiger partial charge on any atom is -0.369 e. The van der Waals surface area contributed by atoms with E-state index in [0.29, 0.717) is 0 Å². The van der Waals surface area contributed by atoms with E-state index in [2.05, 4.69) is 0 Å². The van der Waals surface area contributed by atoms with E-state index in [1.54, 1.807) is 18.9 Å². The maximum atomic E-state index is 12.9. The summed E-state index contributed by atoms with van der Waals surface area (Å²) in [5.74, 6) is -1.70. The van der Waals surface area contributed by atoms with E-state index in [9.17, 15) is 9.59 Å². The Morgan fingerprint density at radius 3 is 2.36 bits per heavy atom. The standard InChI is InChI=1S/C18H18N2O2/c1-11(17(19)21)16-14-9-4-3-7-12(14)13-8-5-6-10-15(13)20(2)18(16)22/h3-11,16H,1-2H3,(H2,19,21)/t11?,16-/m1/s1. The number of nitrogens with two attached hydrogens (primary N) is 1. The largest absolute Gasteiger partial charge is 0.369 e. The third kappa shape index (κ3) is 2.08. The average Bonchev–Trinajstić information content (AvgIpc) is 2.62. The molecule has 22 heavy (non-hydrogen) atoms. The number of hydrogen-bond donors (Lipinski definition) is 1. The van der Waals surface area contributed by atoms with Gasteiger partial charge in [-0.3, -0.25) is 9.59 Å². The number of hydrogen-bond acceptors (Lipinski definition) is 2. The molecule has 0 radical (unpaired) electrons. The van der Waals surface area contributed by atoms with Gasteiger partial charge in [-0.2, -0.15) is 0 Å². The van der Waals surface area contributed by atoms with Crippen LogP contribution in [-0.2, 0) is 9.59 Å². The highest BCUT2D eigenvalue weighted by Crippen LogP contribution is 2.42. The molecule has 4 heteroatoms. The maximum Gasteiger partial charge on any atom is 0.235 e. The topological polar surface area (TPSA) is 63.4 Å². The van der Waals surface area contributed by atoms with Gasteiger partial charge in [0.2, 0.25) is 11.8 Å². The molecule has 0 bridgehead atoms. The number of rotatable bonds is 2. The highest BCUT2D eigenvalue weighted by molar-refractivity contribution is 6.06. The van der Waals surface area contributed by atoms with Crippen molar-refractivity contribution in [3.63, 3.8) is 0 Å². The van der Waals surface area contributed by atoms with Crippen molar-refractivity contribution >= 4 is 17.5 Å². The zero-order valence-electron chi connectivity index (χ0n) is 12.6. The number of amides is 2. The summed E-state index contributed by atoms with van der Waals surface area (Å²) in [5.41, 5.74) is 9.16. The zero-order chi connectivity index (χ0) is 15.9. The molecule has 2 aromatic carbocycles. The third-order valence-electron chi connectivity index (χ3n) is 4.40. The zero-order valence-corrected chi connectivity index (χ0v) is 12.6. The number of carbonyl (C=O) groups excluding carboxylic acids is 2. The Bertz CT molecular complexity index is 754. The van der Waals surface area contributed by atoms with Gasteiger partial charge < -0.3 is 10.6 Å². The van der Waals surface area contributed by atoms with E-state index < -0.39 is 17.7 Å². The highest BCUT2D eigenvalue weighted by Gasteiger charge is 2.37. The number of fused-ring (bicyclic) bond motifs is 3. The second-order valence-electron chi connectivity index (χ2n) is 5.67. The lowest BCUT2D eigenvalue weighted by atomic mass is 9.83. The fourth-order valence-electron chi connectivity index (χ4n) is 3.12. The number of benzene rings is 2. The number of carbonyl (C=O) groups is 2. The second-order valence-corrected chi connectivity index (χ2v) is 5.67. The predicted octanol–water partition coefficient (Wildman–Crippen LogP) is 2.54. The summed E-state index contributed by atoms with van der Waals surface area (Å²) < 4.78 is 0. The Morgan fingerprint density at radius 1 is 1.09 bits per heavy atom. The summed E-state index contributed by atoms with van der Waals surface area (Å²) >= 11 is 0. The average molecular weight is 294 g/mol. The van der Waals surface area contributed by atoms with Gasteiger partial charge in [0.15, 0.2) is 0 Å². The highest BCUT2D eigenvalue weighted by atomic mass is 16.2. The summed E-state index contributed by atoms with van der Waals surface area (Å²) in [4.78, 5) is 26.3. The van der Waals surface area contributed by atoms with Crippen LogP contribution in [0.4, 0.5) is 5.69 Å². The van der Waals surface area contributed by atoms with Gasteiger partial charge in [-0.15, -0.1) is 0 Å². The first-order valence-electron chi connectivity index (χ1n) is 7.27. The number of primary amides is 1. The van der Waals surface area contributed by atoms with Crippen LogP contribution in [0.25, 0.3) is 11.1 Å². The first-order valence-corrected chi connectivity index (χ1v) is 7.27. The van der Waals surface area contributed by atoms with Crippen molar-refractivity contribution in [2.75, 3.05) is 11.9 Å². The SMILES string of the molecule is CC(C(N)=O)[C@H]1C(=O)N(C)c2ccccc2-c2ccccc21. The molecule has 0 saturated carbocycles. The summed E-state index contributed by atoms with van der Waals surface area (Å²) in [6.45, 7) is 1.71. The summed E-state index contributed by atoms with van der Waals surface area (Å²) in [6, 6.07) is 15.5. The molecule has 0 aromatic heterocycles. The molecule has 1 unspecified atom stereocenters. The quantitative estimate of drug-likeness (QED) is 0.925. The van der Waals surface area contributed by atoms with Gasteiger partial charge in [-0.05, 0) is 17.2 Å². The molecule has 3 rings (SSSR count). The molecule has 0 aliphatic carbocycles. The van der Waals surface area contributed by atoms with Gasteiger partial charge in [-0.1, -0.05) is 49.4 Å². The molecule has 0 fully saturated rings. The summed E-state index contributed by atoms with van der Waals surface area (Å²) in [7, 11) is 1.74. The van der Waals surface area contributed by atoms with Crippen LogP contribution < -0.4 is 10.6 Å². The van der Waals surface area contributed by atoms with Crippen LogP contribution in [-0.4, -0.2) is 18.9 Å². The first-order chi connectivity index (χ1) is 10.5. The molecule has 0 saturated heterocycles. The van der Waals surface area contributed by atoms with Crippen LogP contribution in [0.1, 0.15) is 18.4 Å². The van der Waals surface area contributed by atoms with Crippen molar-refractivity contribution in [1.82, 2.24) is 0 Å². The van der Waals surface area contributed by atoms with Crippen LogP contribution >= 0.6 is 0 Å².